The fourth-order valence-corrected chi connectivity index (χ4v) is 2.20. The number of nitriles is 1. The molecule has 0 unspecified atom stereocenters. The molecule has 1 aromatic rings. The predicted molar refractivity (Wildman–Crippen MR) is 68.8 cm³/mol. The van der Waals surface area contributed by atoms with E-state index in [0.29, 0.717) is 12.1 Å². The first kappa shape index (κ1) is 13.5. The van der Waals surface area contributed by atoms with E-state index in [2.05, 4.69) is 6.07 Å². The smallest absolute Gasteiger partial charge is 0.151 e. The second-order valence-electron chi connectivity index (χ2n) is 3.82. The lowest BCUT2D eigenvalue weighted by molar-refractivity contribution is 0.596. The van der Waals surface area contributed by atoms with Crippen LogP contribution < -0.4 is 4.90 Å². The molecule has 0 N–H and O–H groups in total. The highest BCUT2D eigenvalue weighted by Crippen LogP contribution is 2.14. The standard InChI is InChI=1S/C12H16N2O2S/c1-3-17(15,16)8-7-14(2)12-6-4-5-11(9-12)10-13/h4-6,9H,3,7-8H2,1-2H3. The van der Waals surface area contributed by atoms with Crippen LogP contribution in [0.25, 0.3) is 0 Å². The fourth-order valence-electron chi connectivity index (χ4n) is 1.36. The lowest BCUT2D eigenvalue weighted by Crippen LogP contribution is -2.26. The molecule has 4 nitrogen and oxygen atoms in total. The second kappa shape index (κ2) is 5.69. The van der Waals surface area contributed by atoms with Gasteiger partial charge in [-0.25, -0.2) is 8.42 Å². The third-order valence-electron chi connectivity index (χ3n) is 2.59. The van der Waals surface area contributed by atoms with Gasteiger partial charge in [-0.05, 0) is 18.2 Å². The zero-order chi connectivity index (χ0) is 12.9. The highest BCUT2D eigenvalue weighted by molar-refractivity contribution is 7.91. The van der Waals surface area contributed by atoms with E-state index in [1.54, 1.807) is 25.1 Å². The first-order chi connectivity index (χ1) is 7.98. The van der Waals surface area contributed by atoms with Gasteiger partial charge in [-0.1, -0.05) is 13.0 Å². The van der Waals surface area contributed by atoms with Gasteiger partial charge >= 0.3 is 0 Å². The van der Waals surface area contributed by atoms with Gasteiger partial charge < -0.3 is 4.90 Å². The third-order valence-corrected chi connectivity index (χ3v) is 4.28. The molecule has 92 valence electrons. The molecule has 0 saturated carbocycles. The monoisotopic (exact) mass is 252 g/mol. The molecule has 0 aromatic heterocycles. The van der Waals surface area contributed by atoms with Gasteiger partial charge in [0.05, 0.1) is 17.4 Å². The second-order valence-corrected chi connectivity index (χ2v) is 6.29. The number of nitrogens with zero attached hydrogens (tertiary/aromatic N) is 2. The molecular weight excluding hydrogens is 236 g/mol. The first-order valence-electron chi connectivity index (χ1n) is 5.40. The maximum absolute atomic E-state index is 11.4. The van der Waals surface area contributed by atoms with E-state index in [1.807, 2.05) is 18.0 Å². The fraction of sp³-hybridized carbons (Fsp3) is 0.417. The minimum Gasteiger partial charge on any atom is -0.374 e. The lowest BCUT2D eigenvalue weighted by atomic mass is 10.2. The van der Waals surface area contributed by atoms with E-state index in [-0.39, 0.29) is 11.5 Å². The number of rotatable bonds is 5. The van der Waals surface area contributed by atoms with Gasteiger partial charge in [0.1, 0.15) is 0 Å². The number of benzene rings is 1. The van der Waals surface area contributed by atoms with Crippen LogP contribution in [0.2, 0.25) is 0 Å². The molecule has 0 spiro atoms. The Morgan fingerprint density at radius 3 is 2.71 bits per heavy atom. The van der Waals surface area contributed by atoms with Crippen molar-refractivity contribution in [2.75, 3.05) is 30.0 Å². The summed E-state index contributed by atoms with van der Waals surface area (Å²) in [5.74, 6) is 0.301. The van der Waals surface area contributed by atoms with Gasteiger partial charge in [0, 0.05) is 25.0 Å². The van der Waals surface area contributed by atoms with Crippen LogP contribution in [0.1, 0.15) is 12.5 Å². The molecule has 0 amide bonds. The zero-order valence-corrected chi connectivity index (χ0v) is 10.9. The Balaban J connectivity index is 2.71. The van der Waals surface area contributed by atoms with Crippen molar-refractivity contribution in [3.63, 3.8) is 0 Å². The first-order valence-corrected chi connectivity index (χ1v) is 7.22. The van der Waals surface area contributed by atoms with E-state index in [9.17, 15) is 8.42 Å². The molecule has 0 saturated heterocycles. The Kier molecular flexibility index (Phi) is 4.53. The van der Waals surface area contributed by atoms with Crippen LogP contribution in [0.4, 0.5) is 5.69 Å². The molecular formula is C12H16N2O2S. The quantitative estimate of drug-likeness (QED) is 0.795. The van der Waals surface area contributed by atoms with E-state index in [0.717, 1.165) is 5.69 Å². The highest BCUT2D eigenvalue weighted by atomic mass is 32.2. The zero-order valence-electron chi connectivity index (χ0n) is 10.0. The average molecular weight is 252 g/mol. The number of sulfone groups is 1. The van der Waals surface area contributed by atoms with Crippen LogP contribution in [0.3, 0.4) is 0 Å². The molecule has 1 aromatic carbocycles. The molecule has 0 heterocycles. The summed E-state index contributed by atoms with van der Waals surface area (Å²) in [6, 6.07) is 9.18. The van der Waals surface area contributed by atoms with Gasteiger partial charge in [0.15, 0.2) is 9.84 Å². The van der Waals surface area contributed by atoms with E-state index in [1.165, 1.54) is 0 Å². The van der Waals surface area contributed by atoms with Gasteiger partial charge in [0.25, 0.3) is 0 Å². The minimum absolute atomic E-state index is 0.136. The van der Waals surface area contributed by atoms with Crippen molar-refractivity contribution >= 4 is 15.5 Å². The normalized spacial score (nSPS) is 10.9. The highest BCUT2D eigenvalue weighted by Gasteiger charge is 2.09. The maximum atomic E-state index is 11.4. The number of hydrogen-bond donors (Lipinski definition) is 0. The summed E-state index contributed by atoms with van der Waals surface area (Å²) < 4.78 is 22.8. The van der Waals surface area contributed by atoms with Gasteiger partial charge in [0.2, 0.25) is 0 Å². The van der Waals surface area contributed by atoms with Crippen molar-refractivity contribution in [2.45, 2.75) is 6.92 Å². The van der Waals surface area contributed by atoms with Crippen LogP contribution in [-0.4, -0.2) is 33.5 Å². The molecule has 0 atom stereocenters. The lowest BCUT2D eigenvalue weighted by Gasteiger charge is -2.19. The predicted octanol–water partition coefficient (Wildman–Crippen LogP) is 1.43. The summed E-state index contributed by atoms with van der Waals surface area (Å²) in [7, 11) is -1.12. The summed E-state index contributed by atoms with van der Waals surface area (Å²) in [6.45, 7) is 2.08. The average Bonchev–Trinajstić information content (AvgIpc) is 2.36. The third kappa shape index (κ3) is 4.08. The summed E-state index contributed by atoms with van der Waals surface area (Å²) in [4.78, 5) is 1.84. The minimum atomic E-state index is -2.94. The number of anilines is 1. The molecule has 0 aliphatic rings. The van der Waals surface area contributed by atoms with E-state index >= 15 is 0 Å². The molecule has 17 heavy (non-hydrogen) atoms. The Morgan fingerprint density at radius 1 is 1.41 bits per heavy atom. The molecule has 0 fully saturated rings. The maximum Gasteiger partial charge on any atom is 0.151 e. The van der Waals surface area contributed by atoms with Crippen molar-refractivity contribution in [1.82, 2.24) is 0 Å². The Morgan fingerprint density at radius 2 is 2.12 bits per heavy atom. The van der Waals surface area contributed by atoms with Crippen LogP contribution >= 0.6 is 0 Å². The Bertz CT molecular complexity index is 518. The molecule has 0 radical (unpaired) electrons. The largest absolute Gasteiger partial charge is 0.374 e. The molecule has 5 heteroatoms. The van der Waals surface area contributed by atoms with Gasteiger partial charge in [-0.15, -0.1) is 0 Å². The van der Waals surface area contributed by atoms with Crippen LogP contribution in [0.5, 0.6) is 0 Å². The van der Waals surface area contributed by atoms with Crippen molar-refractivity contribution in [3.05, 3.63) is 29.8 Å². The molecule has 0 bridgehead atoms. The Labute approximate surface area is 102 Å². The molecule has 0 aliphatic heterocycles. The SMILES string of the molecule is CCS(=O)(=O)CCN(C)c1cccc(C#N)c1. The molecule has 1 rings (SSSR count). The van der Waals surface area contributed by atoms with E-state index < -0.39 is 9.84 Å². The topological polar surface area (TPSA) is 61.2 Å². The van der Waals surface area contributed by atoms with Crippen LogP contribution in [-0.2, 0) is 9.84 Å². The summed E-state index contributed by atoms with van der Waals surface area (Å²) in [6.07, 6.45) is 0. The van der Waals surface area contributed by atoms with Crippen LogP contribution in [0.15, 0.2) is 24.3 Å². The van der Waals surface area contributed by atoms with Crippen molar-refractivity contribution in [3.8, 4) is 6.07 Å². The van der Waals surface area contributed by atoms with Gasteiger partial charge in [-0.3, -0.25) is 0 Å². The van der Waals surface area contributed by atoms with Crippen LogP contribution in [0, 0.1) is 11.3 Å². The van der Waals surface area contributed by atoms with Crippen molar-refractivity contribution in [2.24, 2.45) is 0 Å². The van der Waals surface area contributed by atoms with Crippen molar-refractivity contribution < 1.29 is 8.42 Å². The summed E-state index contributed by atoms with van der Waals surface area (Å²) in [5, 5.41) is 8.78. The molecule has 0 aliphatic carbocycles. The summed E-state index contributed by atoms with van der Waals surface area (Å²) >= 11 is 0. The number of hydrogen-bond acceptors (Lipinski definition) is 4. The Hall–Kier alpha value is -1.54. The van der Waals surface area contributed by atoms with Crippen molar-refractivity contribution in [1.29, 1.82) is 5.26 Å². The van der Waals surface area contributed by atoms with Gasteiger partial charge in [-0.2, -0.15) is 5.26 Å². The summed E-state index contributed by atoms with van der Waals surface area (Å²) in [5.41, 5.74) is 1.43. The van der Waals surface area contributed by atoms with E-state index in [4.69, 9.17) is 5.26 Å².